The van der Waals surface area contributed by atoms with Crippen molar-refractivity contribution in [2.75, 3.05) is 67.8 Å². The number of amides is 3. The Labute approximate surface area is 260 Å². The summed E-state index contributed by atoms with van der Waals surface area (Å²) in [5, 5.41) is 9.25. The molecule has 5 heterocycles. The van der Waals surface area contributed by atoms with Gasteiger partial charge in [-0.1, -0.05) is 0 Å². The van der Waals surface area contributed by atoms with Crippen LogP contribution in [0.15, 0.2) is 79.5 Å². The van der Waals surface area contributed by atoms with E-state index in [0.29, 0.717) is 78.1 Å². The summed E-state index contributed by atoms with van der Waals surface area (Å²) in [6.07, 6.45) is 8.35. The van der Waals surface area contributed by atoms with E-state index < -0.39 is 0 Å². The third kappa shape index (κ3) is 7.06. The standard InChI is InChI=1S/C32H34N10O3/c1-40(2)13-14-42-21-26(31(43)35-24-5-3-11-33-19-24)27-29(41-15-17-45-18-16-41)38-28(39-30(27)42)22-7-9-23(10-8-22)36-32(44)37-25-6-4-12-34-20-25/h3-12,19-21H,13-18H2,1-2H3,(H,35,43)(H2,36,37,44). The number of ether oxygens (including phenoxy) is 1. The second-order valence-electron chi connectivity index (χ2n) is 10.8. The van der Waals surface area contributed by atoms with Crippen LogP contribution >= 0.6 is 0 Å². The minimum atomic E-state index is -0.376. The maximum absolute atomic E-state index is 13.7. The topological polar surface area (TPSA) is 142 Å². The summed E-state index contributed by atoms with van der Waals surface area (Å²) in [5.41, 5.74) is 3.72. The van der Waals surface area contributed by atoms with Crippen molar-refractivity contribution in [3.63, 3.8) is 0 Å². The summed E-state index contributed by atoms with van der Waals surface area (Å²) in [6.45, 7) is 3.75. The van der Waals surface area contributed by atoms with E-state index in [0.717, 1.165) is 12.1 Å². The molecular weight excluding hydrogens is 572 g/mol. The smallest absolute Gasteiger partial charge is 0.323 e. The molecule has 1 saturated heterocycles. The third-order valence-corrected chi connectivity index (χ3v) is 7.28. The van der Waals surface area contributed by atoms with Crippen molar-refractivity contribution < 1.29 is 14.3 Å². The van der Waals surface area contributed by atoms with Crippen LogP contribution in [-0.2, 0) is 11.3 Å². The van der Waals surface area contributed by atoms with Crippen LogP contribution in [0.1, 0.15) is 10.4 Å². The molecule has 0 atom stereocenters. The zero-order valence-electron chi connectivity index (χ0n) is 25.1. The number of fused-ring (bicyclic) bond motifs is 1. The molecule has 1 fully saturated rings. The number of hydrogen-bond donors (Lipinski definition) is 3. The van der Waals surface area contributed by atoms with Crippen LogP contribution in [-0.4, -0.2) is 88.3 Å². The van der Waals surface area contributed by atoms with Crippen molar-refractivity contribution in [1.29, 1.82) is 0 Å². The number of benzene rings is 1. The van der Waals surface area contributed by atoms with E-state index in [9.17, 15) is 9.59 Å². The van der Waals surface area contributed by atoms with Gasteiger partial charge in [0.15, 0.2) is 5.82 Å². The fraction of sp³-hybridized carbons (Fsp3) is 0.250. The number of urea groups is 1. The highest BCUT2D eigenvalue weighted by molar-refractivity contribution is 6.15. The van der Waals surface area contributed by atoms with Gasteiger partial charge in [-0.3, -0.25) is 14.8 Å². The SMILES string of the molecule is CN(C)CCn1cc(C(=O)Nc2cccnc2)c2c(N3CCOCC3)nc(-c3ccc(NC(=O)Nc4cccnc4)cc3)nc21. The molecule has 0 radical (unpaired) electrons. The van der Waals surface area contributed by atoms with E-state index in [2.05, 4.69) is 35.7 Å². The number of aromatic nitrogens is 5. The van der Waals surface area contributed by atoms with Gasteiger partial charge in [0.05, 0.1) is 47.9 Å². The van der Waals surface area contributed by atoms with Gasteiger partial charge in [0.2, 0.25) is 0 Å². The third-order valence-electron chi connectivity index (χ3n) is 7.28. The van der Waals surface area contributed by atoms with Crippen LogP contribution in [0.2, 0.25) is 0 Å². The molecule has 3 amide bonds. The number of nitrogens with zero attached hydrogens (tertiary/aromatic N) is 7. The highest BCUT2D eigenvalue weighted by atomic mass is 16.5. The summed E-state index contributed by atoms with van der Waals surface area (Å²) in [7, 11) is 4.02. The van der Waals surface area contributed by atoms with Gasteiger partial charge in [-0.2, -0.15) is 0 Å². The molecule has 4 aromatic heterocycles. The summed E-state index contributed by atoms with van der Waals surface area (Å²) in [4.78, 5) is 48.6. The second-order valence-corrected chi connectivity index (χ2v) is 10.8. The lowest BCUT2D eigenvalue weighted by Gasteiger charge is -2.29. The fourth-order valence-corrected chi connectivity index (χ4v) is 5.02. The van der Waals surface area contributed by atoms with E-state index >= 15 is 0 Å². The molecule has 0 bridgehead atoms. The normalized spacial score (nSPS) is 13.2. The number of likely N-dealkylation sites (N-methyl/N-ethyl adjacent to an activating group) is 1. The van der Waals surface area contributed by atoms with Gasteiger partial charge in [0.25, 0.3) is 5.91 Å². The van der Waals surface area contributed by atoms with E-state index in [4.69, 9.17) is 14.7 Å². The molecule has 230 valence electrons. The summed E-state index contributed by atoms with van der Waals surface area (Å²) in [5.74, 6) is 0.928. The maximum Gasteiger partial charge on any atom is 0.323 e. The molecule has 0 unspecified atom stereocenters. The Kier molecular flexibility index (Phi) is 8.89. The molecule has 5 aromatic rings. The second kappa shape index (κ2) is 13.5. The Morgan fingerprint density at radius 3 is 2.18 bits per heavy atom. The molecule has 3 N–H and O–H groups in total. The summed E-state index contributed by atoms with van der Waals surface area (Å²) >= 11 is 0. The summed E-state index contributed by atoms with van der Waals surface area (Å²) in [6, 6.07) is 14.1. The number of carbonyl (C=O) groups excluding carboxylic acids is 2. The van der Waals surface area contributed by atoms with Gasteiger partial charge in [-0.25, -0.2) is 14.8 Å². The quantitative estimate of drug-likeness (QED) is 0.225. The summed E-state index contributed by atoms with van der Waals surface area (Å²) < 4.78 is 7.65. The minimum absolute atomic E-state index is 0.262. The molecule has 0 saturated carbocycles. The van der Waals surface area contributed by atoms with Crippen LogP contribution in [0.4, 0.5) is 27.7 Å². The van der Waals surface area contributed by atoms with Crippen molar-refractivity contribution in [3.05, 3.63) is 85.1 Å². The van der Waals surface area contributed by atoms with Crippen LogP contribution in [0.3, 0.4) is 0 Å². The lowest BCUT2D eigenvalue weighted by Crippen LogP contribution is -2.37. The van der Waals surface area contributed by atoms with Crippen molar-refractivity contribution in [3.8, 4) is 11.4 Å². The highest BCUT2D eigenvalue weighted by Gasteiger charge is 2.26. The highest BCUT2D eigenvalue weighted by Crippen LogP contribution is 2.33. The van der Waals surface area contributed by atoms with Crippen molar-refractivity contribution in [1.82, 2.24) is 29.4 Å². The van der Waals surface area contributed by atoms with Crippen molar-refractivity contribution in [2.45, 2.75) is 6.54 Å². The maximum atomic E-state index is 13.7. The number of carbonyl (C=O) groups is 2. The van der Waals surface area contributed by atoms with E-state index in [-0.39, 0.29) is 11.9 Å². The molecule has 1 aliphatic heterocycles. The largest absolute Gasteiger partial charge is 0.378 e. The Morgan fingerprint density at radius 2 is 1.53 bits per heavy atom. The van der Waals surface area contributed by atoms with E-state index in [1.807, 2.05) is 37.0 Å². The lowest BCUT2D eigenvalue weighted by molar-refractivity contribution is 0.102. The molecule has 6 rings (SSSR count). The predicted octanol–water partition coefficient (Wildman–Crippen LogP) is 4.18. The van der Waals surface area contributed by atoms with Gasteiger partial charge in [0, 0.05) is 56.0 Å². The Morgan fingerprint density at radius 1 is 0.867 bits per heavy atom. The van der Waals surface area contributed by atoms with Gasteiger partial charge in [-0.05, 0) is 62.6 Å². The molecule has 13 nitrogen and oxygen atoms in total. The first-order valence-corrected chi connectivity index (χ1v) is 14.6. The van der Waals surface area contributed by atoms with Crippen LogP contribution in [0.25, 0.3) is 22.4 Å². The Balaban J connectivity index is 1.37. The first-order chi connectivity index (χ1) is 21.9. The number of morpholine rings is 1. The zero-order chi connectivity index (χ0) is 31.2. The van der Waals surface area contributed by atoms with Crippen LogP contribution < -0.4 is 20.9 Å². The van der Waals surface area contributed by atoms with E-state index in [1.165, 1.54) is 0 Å². The first-order valence-electron chi connectivity index (χ1n) is 14.6. The number of anilines is 4. The Hall–Kier alpha value is -5.40. The number of pyridine rings is 2. The monoisotopic (exact) mass is 606 g/mol. The Bertz CT molecular complexity index is 1770. The van der Waals surface area contributed by atoms with E-state index in [1.54, 1.807) is 61.2 Å². The number of rotatable bonds is 9. The van der Waals surface area contributed by atoms with Crippen LogP contribution in [0, 0.1) is 0 Å². The molecule has 1 aliphatic rings. The molecule has 0 aliphatic carbocycles. The zero-order valence-corrected chi connectivity index (χ0v) is 25.1. The molecule has 13 heteroatoms. The van der Waals surface area contributed by atoms with Gasteiger partial charge < -0.3 is 35.1 Å². The molecule has 45 heavy (non-hydrogen) atoms. The molecule has 1 aromatic carbocycles. The average molecular weight is 607 g/mol. The molecule has 0 spiro atoms. The number of nitrogens with one attached hydrogen (secondary N) is 3. The van der Waals surface area contributed by atoms with Gasteiger partial charge in [-0.15, -0.1) is 0 Å². The predicted molar refractivity (Wildman–Crippen MR) is 174 cm³/mol. The fourth-order valence-electron chi connectivity index (χ4n) is 5.02. The van der Waals surface area contributed by atoms with Crippen molar-refractivity contribution >= 4 is 45.9 Å². The first kappa shape index (κ1) is 29.7. The minimum Gasteiger partial charge on any atom is -0.378 e. The average Bonchev–Trinajstić information content (AvgIpc) is 3.44. The van der Waals surface area contributed by atoms with Gasteiger partial charge >= 0.3 is 6.03 Å². The number of hydrogen-bond acceptors (Lipinski definition) is 9. The van der Waals surface area contributed by atoms with Crippen molar-refractivity contribution in [2.24, 2.45) is 0 Å². The van der Waals surface area contributed by atoms with Gasteiger partial charge in [0.1, 0.15) is 11.5 Å². The van der Waals surface area contributed by atoms with Crippen LogP contribution in [0.5, 0.6) is 0 Å². The molecular formula is C32H34N10O3. The lowest BCUT2D eigenvalue weighted by atomic mass is 10.1.